The minimum atomic E-state index is -1.04. The second-order valence-electron chi connectivity index (χ2n) is 3.59. The summed E-state index contributed by atoms with van der Waals surface area (Å²) in [6.07, 6.45) is 3.06. The van der Waals surface area contributed by atoms with Crippen molar-refractivity contribution < 1.29 is 9.90 Å². The number of hydrogen-bond donors (Lipinski definition) is 1. The molecule has 84 valence electrons. The van der Waals surface area contributed by atoms with Crippen LogP contribution in [0.2, 0.25) is 0 Å². The maximum absolute atomic E-state index is 11.9. The van der Waals surface area contributed by atoms with Crippen molar-refractivity contribution in [3.8, 4) is 0 Å². The largest absolute Gasteiger partial charge is 0.480 e. The molecule has 0 saturated carbocycles. The van der Waals surface area contributed by atoms with Crippen molar-refractivity contribution in [1.29, 1.82) is 0 Å². The van der Waals surface area contributed by atoms with Gasteiger partial charge in [0.25, 0.3) is 0 Å². The summed E-state index contributed by atoms with van der Waals surface area (Å²) < 4.78 is 2.64. The fraction of sp³-hybridized carbons (Fsp3) is 0.300. The maximum atomic E-state index is 11.9. The van der Waals surface area contributed by atoms with E-state index in [1.165, 1.54) is 22.3 Å². The smallest absolute Gasteiger partial charge is 0.329 e. The molecule has 0 saturated heterocycles. The van der Waals surface area contributed by atoms with E-state index in [1.54, 1.807) is 19.3 Å². The summed E-state index contributed by atoms with van der Waals surface area (Å²) >= 11 is 0. The molecule has 6 heteroatoms. The number of nitrogens with zero attached hydrogens (tertiary/aromatic N) is 3. The molecule has 2 heterocycles. The van der Waals surface area contributed by atoms with E-state index in [0.717, 1.165) is 0 Å². The van der Waals surface area contributed by atoms with Crippen molar-refractivity contribution in [1.82, 2.24) is 14.1 Å². The zero-order valence-corrected chi connectivity index (χ0v) is 8.91. The zero-order chi connectivity index (χ0) is 11.9. The molecule has 6 nitrogen and oxygen atoms in total. The van der Waals surface area contributed by atoms with Crippen molar-refractivity contribution >= 4 is 17.0 Å². The number of fused-ring (bicyclic) bond motifs is 1. The lowest BCUT2D eigenvalue weighted by molar-refractivity contribution is -0.140. The quantitative estimate of drug-likeness (QED) is 0.795. The van der Waals surface area contributed by atoms with Crippen LogP contribution in [-0.2, 0) is 11.8 Å². The zero-order valence-electron chi connectivity index (χ0n) is 8.91. The minimum absolute atomic E-state index is 0.349. The van der Waals surface area contributed by atoms with Crippen LogP contribution < -0.4 is 5.69 Å². The lowest BCUT2D eigenvalue weighted by Crippen LogP contribution is -2.28. The molecular weight excluding hydrogens is 210 g/mol. The summed E-state index contributed by atoms with van der Waals surface area (Å²) in [5, 5.41) is 8.94. The van der Waals surface area contributed by atoms with Crippen molar-refractivity contribution in [2.75, 3.05) is 0 Å². The van der Waals surface area contributed by atoms with Gasteiger partial charge >= 0.3 is 11.7 Å². The predicted molar refractivity (Wildman–Crippen MR) is 57.3 cm³/mol. The van der Waals surface area contributed by atoms with E-state index in [0.29, 0.717) is 11.0 Å². The van der Waals surface area contributed by atoms with E-state index in [4.69, 9.17) is 5.11 Å². The molecule has 1 atom stereocenters. The fourth-order valence-corrected chi connectivity index (χ4v) is 1.70. The molecule has 2 aromatic heterocycles. The average Bonchev–Trinajstić information content (AvgIpc) is 2.52. The van der Waals surface area contributed by atoms with Gasteiger partial charge in [-0.2, -0.15) is 0 Å². The van der Waals surface area contributed by atoms with Gasteiger partial charge in [0, 0.05) is 13.2 Å². The highest BCUT2D eigenvalue weighted by Crippen LogP contribution is 2.14. The van der Waals surface area contributed by atoms with Crippen molar-refractivity contribution in [2.45, 2.75) is 13.0 Å². The Bertz CT molecular complexity index is 611. The second-order valence-corrected chi connectivity index (χ2v) is 3.59. The molecular formula is C10H11N3O3. The normalized spacial score (nSPS) is 12.9. The van der Waals surface area contributed by atoms with Gasteiger partial charge < -0.3 is 5.11 Å². The SMILES string of the molecule is CC(C(=O)O)n1c(=O)n(C)c2ccncc21. The molecule has 0 bridgehead atoms. The van der Waals surface area contributed by atoms with Crippen LogP contribution in [0.4, 0.5) is 0 Å². The topological polar surface area (TPSA) is 77.1 Å². The van der Waals surface area contributed by atoms with Crippen LogP contribution in [0, 0.1) is 0 Å². The van der Waals surface area contributed by atoms with E-state index in [-0.39, 0.29) is 5.69 Å². The van der Waals surface area contributed by atoms with Gasteiger partial charge in [-0.1, -0.05) is 0 Å². The van der Waals surface area contributed by atoms with Crippen LogP contribution in [0.1, 0.15) is 13.0 Å². The van der Waals surface area contributed by atoms with Gasteiger partial charge in [0.15, 0.2) is 0 Å². The van der Waals surface area contributed by atoms with Gasteiger partial charge in [-0.25, -0.2) is 9.59 Å². The average molecular weight is 221 g/mol. The molecule has 2 aromatic rings. The third kappa shape index (κ3) is 1.30. The van der Waals surface area contributed by atoms with Gasteiger partial charge in [0.2, 0.25) is 0 Å². The molecule has 0 aliphatic heterocycles. The van der Waals surface area contributed by atoms with Crippen LogP contribution >= 0.6 is 0 Å². The minimum Gasteiger partial charge on any atom is -0.480 e. The van der Waals surface area contributed by atoms with E-state index < -0.39 is 12.0 Å². The van der Waals surface area contributed by atoms with Gasteiger partial charge in [0.05, 0.1) is 17.2 Å². The molecule has 0 fully saturated rings. The van der Waals surface area contributed by atoms with E-state index in [1.807, 2.05) is 0 Å². The van der Waals surface area contributed by atoms with Gasteiger partial charge in [-0.3, -0.25) is 14.1 Å². The van der Waals surface area contributed by atoms with Gasteiger partial charge in [-0.15, -0.1) is 0 Å². The molecule has 0 aliphatic carbocycles. The Kier molecular flexibility index (Phi) is 2.26. The first-order valence-electron chi connectivity index (χ1n) is 4.77. The van der Waals surface area contributed by atoms with Crippen molar-refractivity contribution in [3.05, 3.63) is 28.9 Å². The van der Waals surface area contributed by atoms with Crippen LogP contribution in [-0.4, -0.2) is 25.2 Å². The van der Waals surface area contributed by atoms with Gasteiger partial charge in [-0.05, 0) is 13.0 Å². The monoisotopic (exact) mass is 221 g/mol. The van der Waals surface area contributed by atoms with Crippen LogP contribution in [0.15, 0.2) is 23.3 Å². The summed E-state index contributed by atoms with van der Waals surface area (Å²) in [6, 6.07) is 0.780. The molecule has 0 radical (unpaired) electrons. The number of carbonyl (C=O) groups is 1. The fourth-order valence-electron chi connectivity index (χ4n) is 1.70. The molecule has 1 unspecified atom stereocenters. The second kappa shape index (κ2) is 3.48. The number of imidazole rings is 1. The van der Waals surface area contributed by atoms with Gasteiger partial charge in [0.1, 0.15) is 6.04 Å². The Labute approximate surface area is 90.8 Å². The lowest BCUT2D eigenvalue weighted by Gasteiger charge is -2.07. The Morgan fingerprint density at radius 1 is 1.50 bits per heavy atom. The highest BCUT2D eigenvalue weighted by atomic mass is 16.4. The number of carboxylic acid groups (broad SMARTS) is 1. The van der Waals surface area contributed by atoms with Crippen LogP contribution in [0.5, 0.6) is 0 Å². The third-order valence-corrected chi connectivity index (χ3v) is 2.64. The number of aromatic nitrogens is 3. The Balaban J connectivity index is 2.84. The number of rotatable bonds is 2. The van der Waals surface area contributed by atoms with E-state index >= 15 is 0 Å². The Morgan fingerprint density at radius 2 is 2.19 bits per heavy atom. The summed E-state index contributed by atoms with van der Waals surface area (Å²) in [4.78, 5) is 26.7. The number of pyridine rings is 1. The summed E-state index contributed by atoms with van der Waals surface area (Å²) in [5.41, 5.74) is 0.857. The first-order chi connectivity index (χ1) is 7.54. The standard InChI is InChI=1S/C10H11N3O3/c1-6(9(14)15)13-8-5-11-4-3-7(8)12(2)10(13)16/h3-6H,1-2H3,(H,14,15). The van der Waals surface area contributed by atoms with Crippen molar-refractivity contribution in [2.24, 2.45) is 7.05 Å². The Morgan fingerprint density at radius 3 is 2.81 bits per heavy atom. The lowest BCUT2D eigenvalue weighted by atomic mass is 10.3. The molecule has 16 heavy (non-hydrogen) atoms. The Hall–Kier alpha value is -2.11. The molecule has 0 aromatic carbocycles. The number of carboxylic acids is 1. The van der Waals surface area contributed by atoms with E-state index in [2.05, 4.69) is 4.98 Å². The molecule has 0 aliphatic rings. The molecule has 2 rings (SSSR count). The summed E-state index contributed by atoms with van der Waals surface area (Å²) in [7, 11) is 1.61. The summed E-state index contributed by atoms with van der Waals surface area (Å²) in [6.45, 7) is 1.47. The highest BCUT2D eigenvalue weighted by molar-refractivity contribution is 5.79. The number of aliphatic carboxylic acids is 1. The first kappa shape index (κ1) is 10.4. The molecule has 0 amide bonds. The number of aryl methyl sites for hydroxylation is 1. The van der Waals surface area contributed by atoms with Crippen LogP contribution in [0.25, 0.3) is 11.0 Å². The van der Waals surface area contributed by atoms with Crippen LogP contribution in [0.3, 0.4) is 0 Å². The molecule has 1 N–H and O–H groups in total. The predicted octanol–water partition coefficient (Wildman–Crippen LogP) is 0.381. The number of hydrogen-bond acceptors (Lipinski definition) is 3. The summed E-state index contributed by atoms with van der Waals surface area (Å²) in [5.74, 6) is -1.04. The molecule has 0 spiro atoms. The van der Waals surface area contributed by atoms with Crippen molar-refractivity contribution in [3.63, 3.8) is 0 Å². The first-order valence-corrected chi connectivity index (χ1v) is 4.77. The third-order valence-electron chi connectivity index (χ3n) is 2.64. The highest BCUT2D eigenvalue weighted by Gasteiger charge is 2.20. The van der Waals surface area contributed by atoms with E-state index in [9.17, 15) is 9.59 Å². The maximum Gasteiger partial charge on any atom is 0.329 e.